The molecule has 1 fully saturated rings. The van der Waals surface area contributed by atoms with Crippen LogP contribution in [-0.4, -0.2) is 18.9 Å². The summed E-state index contributed by atoms with van der Waals surface area (Å²) in [5.41, 5.74) is 0.118. The molecule has 0 N–H and O–H groups in total. The number of carbonyl (C=O) groups is 2. The van der Waals surface area contributed by atoms with Gasteiger partial charge in [-0.15, -0.1) is 0 Å². The van der Waals surface area contributed by atoms with Gasteiger partial charge in [0.1, 0.15) is 5.41 Å². The molecule has 1 aromatic carbocycles. The van der Waals surface area contributed by atoms with Crippen LogP contribution in [0.4, 0.5) is 0 Å². The third kappa shape index (κ3) is 1.85. The standard InChI is InChI=1S/C13H14O3/c1-16-12(15)13(7-8-13)11(14)9-10-5-3-2-4-6-10/h2-6H,7-9H2,1H3. The van der Waals surface area contributed by atoms with Crippen LogP contribution < -0.4 is 0 Å². The van der Waals surface area contributed by atoms with E-state index in [9.17, 15) is 9.59 Å². The highest BCUT2D eigenvalue weighted by Gasteiger charge is 2.56. The number of methoxy groups -OCH3 is 1. The summed E-state index contributed by atoms with van der Waals surface area (Å²) in [6, 6.07) is 9.47. The summed E-state index contributed by atoms with van der Waals surface area (Å²) in [4.78, 5) is 23.5. The van der Waals surface area contributed by atoms with E-state index in [0.717, 1.165) is 5.56 Å². The lowest BCUT2D eigenvalue weighted by atomic mass is 9.95. The predicted molar refractivity (Wildman–Crippen MR) is 58.8 cm³/mol. The van der Waals surface area contributed by atoms with E-state index in [1.807, 2.05) is 30.3 Å². The molecule has 0 unspecified atom stereocenters. The molecule has 0 saturated heterocycles. The van der Waals surface area contributed by atoms with E-state index in [1.165, 1.54) is 7.11 Å². The van der Waals surface area contributed by atoms with Crippen molar-refractivity contribution >= 4 is 11.8 Å². The first-order valence-corrected chi connectivity index (χ1v) is 5.35. The fraction of sp³-hybridized carbons (Fsp3) is 0.385. The van der Waals surface area contributed by atoms with Gasteiger partial charge in [-0.3, -0.25) is 9.59 Å². The second-order valence-corrected chi connectivity index (χ2v) is 4.16. The van der Waals surface area contributed by atoms with Gasteiger partial charge in [-0.05, 0) is 18.4 Å². The second kappa shape index (κ2) is 4.08. The molecule has 0 spiro atoms. The molecule has 0 radical (unpaired) electrons. The molecule has 3 nitrogen and oxygen atoms in total. The first kappa shape index (κ1) is 10.9. The average Bonchev–Trinajstić information content (AvgIpc) is 3.10. The van der Waals surface area contributed by atoms with Crippen LogP contribution >= 0.6 is 0 Å². The van der Waals surface area contributed by atoms with Crippen molar-refractivity contribution in [3.05, 3.63) is 35.9 Å². The summed E-state index contributed by atoms with van der Waals surface area (Å²) in [6.07, 6.45) is 1.58. The summed E-state index contributed by atoms with van der Waals surface area (Å²) in [6.45, 7) is 0. The molecule has 2 rings (SSSR count). The first-order valence-electron chi connectivity index (χ1n) is 5.35. The van der Waals surface area contributed by atoms with Crippen molar-refractivity contribution in [2.45, 2.75) is 19.3 Å². The van der Waals surface area contributed by atoms with Crippen LogP contribution in [0.3, 0.4) is 0 Å². The first-order chi connectivity index (χ1) is 7.69. The van der Waals surface area contributed by atoms with E-state index < -0.39 is 5.41 Å². The fourth-order valence-electron chi connectivity index (χ4n) is 1.87. The number of carbonyl (C=O) groups excluding carboxylic acids is 2. The zero-order valence-corrected chi connectivity index (χ0v) is 9.23. The van der Waals surface area contributed by atoms with Gasteiger partial charge >= 0.3 is 5.97 Å². The van der Waals surface area contributed by atoms with E-state index in [4.69, 9.17) is 0 Å². The SMILES string of the molecule is COC(=O)C1(C(=O)Cc2ccccc2)CC1. The summed E-state index contributed by atoms with van der Waals surface area (Å²) in [5, 5.41) is 0. The highest BCUT2D eigenvalue weighted by atomic mass is 16.5. The van der Waals surface area contributed by atoms with Gasteiger partial charge < -0.3 is 4.74 Å². The Labute approximate surface area is 94.4 Å². The monoisotopic (exact) mass is 218 g/mol. The second-order valence-electron chi connectivity index (χ2n) is 4.16. The third-order valence-electron chi connectivity index (χ3n) is 3.07. The quantitative estimate of drug-likeness (QED) is 0.571. The Morgan fingerprint density at radius 1 is 1.25 bits per heavy atom. The largest absolute Gasteiger partial charge is 0.468 e. The highest BCUT2D eigenvalue weighted by molar-refractivity contribution is 6.07. The minimum Gasteiger partial charge on any atom is -0.468 e. The van der Waals surface area contributed by atoms with Gasteiger partial charge in [0.05, 0.1) is 7.11 Å². The van der Waals surface area contributed by atoms with Crippen LogP contribution in [0.2, 0.25) is 0 Å². The van der Waals surface area contributed by atoms with Crippen molar-refractivity contribution < 1.29 is 14.3 Å². The lowest BCUT2D eigenvalue weighted by molar-refractivity contribution is -0.151. The van der Waals surface area contributed by atoms with E-state index in [2.05, 4.69) is 4.74 Å². The molecule has 0 heterocycles. The summed E-state index contributed by atoms with van der Waals surface area (Å²) in [7, 11) is 1.33. The summed E-state index contributed by atoms with van der Waals surface area (Å²) >= 11 is 0. The van der Waals surface area contributed by atoms with E-state index in [-0.39, 0.29) is 11.8 Å². The number of ether oxygens (including phenoxy) is 1. The van der Waals surface area contributed by atoms with Crippen molar-refractivity contribution in [1.82, 2.24) is 0 Å². The van der Waals surface area contributed by atoms with Gasteiger partial charge in [0.15, 0.2) is 5.78 Å². The van der Waals surface area contributed by atoms with Crippen molar-refractivity contribution in [3.8, 4) is 0 Å². The third-order valence-corrected chi connectivity index (χ3v) is 3.07. The van der Waals surface area contributed by atoms with Gasteiger partial charge in [-0.1, -0.05) is 30.3 Å². The normalized spacial score (nSPS) is 16.6. The topological polar surface area (TPSA) is 43.4 Å². The summed E-state index contributed by atoms with van der Waals surface area (Å²) < 4.78 is 4.68. The number of Topliss-reactive ketones (excluding diaryl/α,β-unsaturated/α-hetero) is 1. The molecular formula is C13H14O3. The van der Waals surface area contributed by atoms with Crippen molar-refractivity contribution in [2.75, 3.05) is 7.11 Å². The predicted octanol–water partition coefficient (Wildman–Crippen LogP) is 1.75. The van der Waals surface area contributed by atoms with Crippen LogP contribution in [0.15, 0.2) is 30.3 Å². The number of benzene rings is 1. The Balaban J connectivity index is 2.07. The van der Waals surface area contributed by atoms with E-state index >= 15 is 0 Å². The van der Waals surface area contributed by atoms with Gasteiger partial charge in [-0.25, -0.2) is 0 Å². The molecule has 1 aromatic rings. The van der Waals surface area contributed by atoms with Gasteiger partial charge in [0, 0.05) is 6.42 Å². The maximum Gasteiger partial charge on any atom is 0.319 e. The molecule has 0 bridgehead atoms. The van der Waals surface area contributed by atoms with Gasteiger partial charge in [0.2, 0.25) is 0 Å². The smallest absolute Gasteiger partial charge is 0.319 e. The molecular weight excluding hydrogens is 204 g/mol. The van der Waals surface area contributed by atoms with Gasteiger partial charge in [-0.2, -0.15) is 0 Å². The Kier molecular flexibility index (Phi) is 2.77. The molecule has 16 heavy (non-hydrogen) atoms. The van der Waals surface area contributed by atoms with Crippen LogP contribution in [0.25, 0.3) is 0 Å². The Morgan fingerprint density at radius 2 is 1.88 bits per heavy atom. The molecule has 1 aliphatic rings. The number of ketones is 1. The van der Waals surface area contributed by atoms with Crippen molar-refractivity contribution in [2.24, 2.45) is 5.41 Å². The summed E-state index contributed by atoms with van der Waals surface area (Å²) in [5.74, 6) is -0.404. The average molecular weight is 218 g/mol. The minimum atomic E-state index is -0.829. The molecule has 0 atom stereocenters. The maximum atomic E-state index is 12.0. The van der Waals surface area contributed by atoms with Crippen LogP contribution in [0.5, 0.6) is 0 Å². The fourth-order valence-corrected chi connectivity index (χ4v) is 1.87. The molecule has 0 aromatic heterocycles. The molecule has 0 amide bonds. The zero-order chi connectivity index (χ0) is 11.6. The number of rotatable bonds is 4. The van der Waals surface area contributed by atoms with Crippen molar-refractivity contribution in [3.63, 3.8) is 0 Å². The zero-order valence-electron chi connectivity index (χ0n) is 9.23. The van der Waals surface area contributed by atoms with Crippen LogP contribution in [0.1, 0.15) is 18.4 Å². The highest BCUT2D eigenvalue weighted by Crippen LogP contribution is 2.48. The Hall–Kier alpha value is -1.64. The molecule has 0 aliphatic heterocycles. The van der Waals surface area contributed by atoms with Crippen LogP contribution in [0, 0.1) is 5.41 Å². The number of hydrogen-bond acceptors (Lipinski definition) is 3. The maximum absolute atomic E-state index is 12.0. The Bertz CT molecular complexity index is 404. The van der Waals surface area contributed by atoms with E-state index in [1.54, 1.807) is 0 Å². The molecule has 1 aliphatic carbocycles. The lowest BCUT2D eigenvalue weighted by Gasteiger charge is -2.10. The van der Waals surface area contributed by atoms with Gasteiger partial charge in [0.25, 0.3) is 0 Å². The molecule has 3 heteroatoms. The van der Waals surface area contributed by atoms with E-state index in [0.29, 0.717) is 19.3 Å². The minimum absolute atomic E-state index is 0.0226. The van der Waals surface area contributed by atoms with Crippen LogP contribution in [-0.2, 0) is 20.7 Å². The Morgan fingerprint density at radius 3 is 2.38 bits per heavy atom. The van der Waals surface area contributed by atoms with Crippen molar-refractivity contribution in [1.29, 1.82) is 0 Å². The molecule has 1 saturated carbocycles. The lowest BCUT2D eigenvalue weighted by Crippen LogP contribution is -2.28. The molecule has 84 valence electrons. The number of hydrogen-bond donors (Lipinski definition) is 0. The number of esters is 1.